The molecule has 1 saturated heterocycles. The molecule has 246 valence electrons. The SMILES string of the molecule is C[CH-][C@H]1[CH-]C(C)(C)N(c2nc(-n3ccc(OCC(C)(C)C(F)(F)F)n3)ccc2C(=O)NS(=O)(=O)c2cn(C)nc2C)C1.S.[Hs].[Hs].[Hs].[Hs]. The molecular weight excluding hydrogens is 1680 g/mol. The van der Waals surface area contributed by atoms with Crippen molar-refractivity contribution in [2.75, 3.05) is 18.1 Å². The van der Waals surface area contributed by atoms with E-state index < -0.39 is 39.7 Å². The molecule has 0 unspecified atom stereocenters. The summed E-state index contributed by atoms with van der Waals surface area (Å²) in [5, 5.41) is 8.26. The predicted octanol–water partition coefficient (Wildman–Crippen LogP) is 4.15. The van der Waals surface area contributed by atoms with Crippen LogP contribution in [-0.4, -0.2) is 63.7 Å². The maximum atomic E-state index is 13.5. The molecule has 3 aromatic heterocycles. The molecule has 1 atom stereocenters. The minimum absolute atomic E-state index is 0. The van der Waals surface area contributed by atoms with Crippen LogP contribution in [0.1, 0.15) is 50.7 Å². The number of sulfonamides is 1. The number of aryl methyl sites for hydroxylation is 2. The van der Waals surface area contributed by atoms with Crippen molar-refractivity contribution < 1.29 is 31.1 Å². The number of ether oxygens (including phenoxy) is 1. The second kappa shape index (κ2) is 13.6. The maximum Gasteiger partial charge on any atom is 0.397 e. The third kappa shape index (κ3) is 7.82. The van der Waals surface area contributed by atoms with Gasteiger partial charge in [-0.3, -0.25) is 15.4 Å². The molecule has 1 aliphatic heterocycles. The topological polar surface area (TPSA) is 124 Å². The van der Waals surface area contributed by atoms with Crippen LogP contribution in [0.4, 0.5) is 19.0 Å². The van der Waals surface area contributed by atoms with E-state index in [1.165, 1.54) is 46.9 Å². The van der Waals surface area contributed by atoms with E-state index in [2.05, 4.69) is 26.3 Å². The Morgan fingerprint density at radius 3 is 2.28 bits per heavy atom. The Labute approximate surface area is 256 Å². The minimum atomic E-state index is -4.46. The monoisotopic (exact) mass is 1720 g/mol. The zero-order chi connectivity index (χ0) is 31.3. The summed E-state index contributed by atoms with van der Waals surface area (Å²) in [5.41, 5.74) is -2.40. The summed E-state index contributed by atoms with van der Waals surface area (Å²) in [7, 11) is -2.67. The zero-order valence-corrected chi connectivity index (χ0v) is 55.7. The number of alkyl halides is 3. The quantitative estimate of drug-likeness (QED) is 0.318. The molecule has 0 bridgehead atoms. The Morgan fingerprint density at radius 2 is 1.77 bits per heavy atom. The number of carbonyl (C=O) groups excluding carboxylic acids is 1. The van der Waals surface area contributed by atoms with Crippen LogP contribution < -0.4 is 14.4 Å². The molecule has 4 rings (SSSR count). The average Bonchev–Trinajstić information content (AvgIpc) is 3.57. The van der Waals surface area contributed by atoms with Crippen molar-refractivity contribution in [3.63, 3.8) is 0 Å². The van der Waals surface area contributed by atoms with Crippen LogP contribution in [0.2, 0.25) is 0 Å². The summed E-state index contributed by atoms with van der Waals surface area (Å²) in [6, 6.07) is 4.31. The normalized spacial score (nSPS) is 15.6. The molecule has 0 aromatic carbocycles. The Morgan fingerprint density at radius 1 is 1.15 bits per heavy atom. The standard InChI is InChI=1S/C27H34F3N7O4S.4Hs.H2S/c1-8-18-13-26(5,6)36(14-18)23-19(24(38)34-42(39,40)20-15-35(7)32-17(20)2)9-10-21(31-23)37-12-11-22(33-37)41-16-25(3,4)27(28,29)30;;;;;/h8-13,15,18H,14,16H2,1-7H3,(H,34,38);;;;;1H2/q-2;;;;;/t18-;;;;;/m0...../s1. The summed E-state index contributed by atoms with van der Waals surface area (Å²) < 4.78 is 75.9. The molecule has 4 heterocycles. The first kappa shape index (κ1) is 41.9. The molecule has 11 nitrogen and oxygen atoms in total. The van der Waals surface area contributed by atoms with Gasteiger partial charge in [-0.1, -0.05) is 19.4 Å². The molecule has 1 N–H and O–H groups in total. The summed E-state index contributed by atoms with van der Waals surface area (Å²) in [4.78, 5) is 19.9. The Balaban J connectivity index is 0. The van der Waals surface area contributed by atoms with E-state index in [1.807, 2.05) is 32.1 Å². The fourth-order valence-corrected chi connectivity index (χ4v) is 5.73. The van der Waals surface area contributed by atoms with Crippen LogP contribution in [0.5, 0.6) is 5.88 Å². The molecule has 0 radical (unpaired) electrons. The molecule has 3 aromatic rings. The summed E-state index contributed by atoms with van der Waals surface area (Å²) >= 11 is 0. The number of nitrogens with one attached hydrogen (secondary N) is 1. The third-order valence-electron chi connectivity index (χ3n) is 7.13. The molecule has 0 spiro atoms. The van der Waals surface area contributed by atoms with Gasteiger partial charge in [0.15, 0.2) is 5.82 Å². The van der Waals surface area contributed by atoms with Crippen molar-refractivity contribution in [3.8, 4) is 11.7 Å². The zero-order valence-electron chi connectivity index (χ0n) is 27.7. The van der Waals surface area contributed by atoms with Crippen LogP contribution in [0.15, 0.2) is 35.5 Å². The summed E-state index contributed by atoms with van der Waals surface area (Å²) in [6.07, 6.45) is 2.43. The maximum absolute atomic E-state index is 13.5. The molecule has 0 saturated carbocycles. The van der Waals surface area contributed by atoms with Gasteiger partial charge in [-0.05, 0) is 39.4 Å². The first-order valence-corrected chi connectivity index (χ1v) is 14.6. The van der Waals surface area contributed by atoms with Crippen molar-refractivity contribution in [1.29, 1.82) is 0 Å². The molecule has 0 aliphatic carbocycles. The number of pyridine rings is 1. The molecule has 1 fully saturated rings. The van der Waals surface area contributed by atoms with E-state index >= 15 is 0 Å². The van der Waals surface area contributed by atoms with Crippen molar-refractivity contribution in [2.45, 2.75) is 58.2 Å². The average molecular weight is 1720 g/mol. The Bertz CT molecular complexity index is 1600. The first-order valence-electron chi connectivity index (χ1n) is 13.1. The van der Waals surface area contributed by atoms with Gasteiger partial charge in [-0.15, -0.1) is 5.10 Å². The van der Waals surface area contributed by atoms with E-state index in [0.717, 1.165) is 13.8 Å². The first-order chi connectivity index (χ1) is 19.3. The van der Waals surface area contributed by atoms with E-state index in [0.29, 0.717) is 6.54 Å². The second-order valence-corrected chi connectivity index (χ2v) is 13.1. The van der Waals surface area contributed by atoms with E-state index in [9.17, 15) is 26.4 Å². The number of amides is 1. The van der Waals surface area contributed by atoms with Gasteiger partial charge in [0.25, 0.3) is 15.9 Å². The second-order valence-electron chi connectivity index (χ2n) is 11.4. The fraction of sp³-hybridized carbons (Fsp3) is 0.481. The Hall–Kier alpha value is -7.27. The van der Waals surface area contributed by atoms with Crippen LogP contribution in [0, 0.1) is 31.1 Å². The van der Waals surface area contributed by atoms with Gasteiger partial charge in [0.1, 0.15) is 17.3 Å². The van der Waals surface area contributed by atoms with Gasteiger partial charge in [0.05, 0.1) is 16.7 Å². The van der Waals surface area contributed by atoms with Crippen LogP contribution >= 0.6 is 13.5 Å². The van der Waals surface area contributed by atoms with Gasteiger partial charge < -0.3 is 22.5 Å². The van der Waals surface area contributed by atoms with E-state index in [-0.39, 0.29) is 53.1 Å². The van der Waals surface area contributed by atoms with Gasteiger partial charge in [0, 0.05) is 25.5 Å². The largest absolute Gasteiger partial charge is 0.476 e. The number of aromatic nitrogens is 5. The van der Waals surface area contributed by atoms with Crippen LogP contribution in [-0.2, 0) is 17.1 Å². The molecule has 1 aliphatic rings. The number of hydrogen-bond donors (Lipinski definition) is 1. The molecule has 47 heavy (non-hydrogen) atoms. The van der Waals surface area contributed by atoms with Crippen molar-refractivity contribution >= 4 is 35.2 Å². The number of halogens is 3. The third-order valence-corrected chi connectivity index (χ3v) is 8.57. The molecule has 20 heteroatoms. The number of rotatable bonds is 9. The molecule has 1 amide bonds. The number of carbonyl (C=O) groups is 1. The number of hydrogen-bond acceptors (Lipinski definition) is 8. The van der Waals surface area contributed by atoms with Gasteiger partial charge in [0.2, 0.25) is 5.88 Å². The smallest absolute Gasteiger partial charge is 0.397 e. The van der Waals surface area contributed by atoms with Gasteiger partial charge >= 0.3 is 6.18 Å². The van der Waals surface area contributed by atoms with Crippen molar-refractivity contribution in [3.05, 3.63) is 54.7 Å². The van der Waals surface area contributed by atoms with E-state index in [1.54, 1.807) is 7.05 Å². The summed E-state index contributed by atoms with van der Waals surface area (Å²) in [6.45, 7) is 9.26. The predicted molar refractivity (Wildman–Crippen MR) is 159 cm³/mol. The van der Waals surface area contributed by atoms with Gasteiger partial charge in [-0.25, -0.2) is 22.8 Å². The van der Waals surface area contributed by atoms with Crippen LogP contribution in [0.3, 0.4) is 0 Å². The summed E-state index contributed by atoms with van der Waals surface area (Å²) in [5.74, 6) is -0.385. The molecular formula is C27H36F3Hs4N7O4S2-2. The minimum Gasteiger partial charge on any atom is -0.476 e. The van der Waals surface area contributed by atoms with Crippen molar-refractivity contribution in [2.24, 2.45) is 18.4 Å². The van der Waals surface area contributed by atoms with Crippen LogP contribution in [0.25, 0.3) is 5.82 Å². The number of nitrogens with zero attached hydrogens (tertiary/aromatic N) is 6. The number of anilines is 1. The Kier molecular flexibility index (Phi) is 12.1. The van der Waals surface area contributed by atoms with Crippen molar-refractivity contribution in [1.82, 2.24) is 29.3 Å². The fourth-order valence-electron chi connectivity index (χ4n) is 4.54. The van der Waals surface area contributed by atoms with E-state index in [4.69, 9.17) is 4.74 Å². The van der Waals surface area contributed by atoms with Gasteiger partial charge in [-0.2, -0.15) is 38.7 Å².